The highest BCUT2D eigenvalue weighted by Crippen LogP contribution is 2.42. The molecular formula is C57H85N3O10Si2. The van der Waals surface area contributed by atoms with Gasteiger partial charge in [-0.25, -0.2) is 14.4 Å². The fourth-order valence-electron chi connectivity index (χ4n) is 7.73. The van der Waals surface area contributed by atoms with Crippen LogP contribution < -0.4 is 0 Å². The van der Waals surface area contributed by atoms with E-state index < -0.39 is 77.4 Å². The Kier molecular flexibility index (Phi) is 24.4. The van der Waals surface area contributed by atoms with Crippen LogP contribution in [0.3, 0.4) is 0 Å². The standard InChI is InChI=1S/C57H85N3O10Si2/c1-12-13-14-15-16-17-18-19-20-21-22-23-33-40-47(66-52(61)43-34-27-24-28-35-43)46(59-60-58)41-64-55-51(70-72(10,11)57(5,6)7)50(69-54(63)45-38-31-26-32-39-45)49(68-53(62)44-36-29-25-30-37-44)48(67-55)42-65-71(8,9)56(2,3)4/h24-40,46-51,55H,12-23,41-42H2,1-11H3/b40-33+/t46-,47+,48+,49+,50-,51-,55-/m0/s1. The largest absolute Gasteiger partial charge is 0.454 e. The van der Waals surface area contributed by atoms with E-state index in [-0.39, 0.29) is 28.9 Å². The molecule has 1 heterocycles. The number of carbonyl (C=O) groups is 3. The molecule has 1 saturated heterocycles. The summed E-state index contributed by atoms with van der Waals surface area (Å²) in [5, 5.41) is 3.60. The van der Waals surface area contributed by atoms with E-state index in [2.05, 4.69) is 84.7 Å². The van der Waals surface area contributed by atoms with Crippen LogP contribution in [0, 0.1) is 0 Å². The molecule has 72 heavy (non-hydrogen) atoms. The van der Waals surface area contributed by atoms with Gasteiger partial charge in [-0.1, -0.05) is 178 Å². The van der Waals surface area contributed by atoms with Crippen molar-refractivity contribution in [3.8, 4) is 0 Å². The molecule has 4 rings (SSSR count). The molecular weight excluding hydrogens is 943 g/mol. The van der Waals surface area contributed by atoms with Gasteiger partial charge in [0.25, 0.3) is 0 Å². The average Bonchev–Trinajstić information content (AvgIpc) is 3.34. The van der Waals surface area contributed by atoms with Gasteiger partial charge in [0.1, 0.15) is 24.4 Å². The fourth-order valence-corrected chi connectivity index (χ4v) is 10.0. The number of allylic oxidation sites excluding steroid dienone is 1. The summed E-state index contributed by atoms with van der Waals surface area (Å²) in [6.07, 6.45) is 10.8. The van der Waals surface area contributed by atoms with Gasteiger partial charge in [0.2, 0.25) is 0 Å². The maximum atomic E-state index is 14.3. The van der Waals surface area contributed by atoms with Crippen LogP contribution in [0.15, 0.2) is 108 Å². The maximum absolute atomic E-state index is 14.3. The second kappa shape index (κ2) is 29.3. The number of nitrogens with zero attached hydrogens (tertiary/aromatic N) is 3. The summed E-state index contributed by atoms with van der Waals surface area (Å²) in [7, 11) is -5.29. The van der Waals surface area contributed by atoms with Crippen LogP contribution in [0.5, 0.6) is 0 Å². The molecule has 1 fully saturated rings. The molecule has 0 bridgehead atoms. The number of benzene rings is 3. The van der Waals surface area contributed by atoms with Crippen molar-refractivity contribution in [3.63, 3.8) is 0 Å². The fraction of sp³-hybridized carbons (Fsp3) is 0.596. The van der Waals surface area contributed by atoms with Crippen LogP contribution in [-0.4, -0.2) is 90.6 Å². The van der Waals surface area contributed by atoms with Crippen LogP contribution in [0.25, 0.3) is 10.4 Å². The monoisotopic (exact) mass is 1030 g/mol. The van der Waals surface area contributed by atoms with E-state index in [1.54, 1.807) is 91.0 Å². The first-order valence-electron chi connectivity index (χ1n) is 26.3. The molecule has 0 aromatic heterocycles. The van der Waals surface area contributed by atoms with Crippen molar-refractivity contribution >= 4 is 34.5 Å². The molecule has 396 valence electrons. The van der Waals surface area contributed by atoms with Gasteiger partial charge in [-0.15, -0.1) is 0 Å². The van der Waals surface area contributed by atoms with Crippen LogP contribution >= 0.6 is 0 Å². The predicted molar refractivity (Wildman–Crippen MR) is 290 cm³/mol. The van der Waals surface area contributed by atoms with Gasteiger partial charge in [0.15, 0.2) is 35.1 Å². The Morgan fingerprint density at radius 2 is 1.11 bits per heavy atom. The van der Waals surface area contributed by atoms with Gasteiger partial charge in [0, 0.05) is 4.91 Å². The van der Waals surface area contributed by atoms with Gasteiger partial charge in [-0.05, 0) is 97.1 Å². The third kappa shape index (κ3) is 19.0. The molecule has 15 heteroatoms. The number of unbranched alkanes of at least 4 members (excludes halogenated alkanes) is 11. The maximum Gasteiger partial charge on any atom is 0.338 e. The molecule has 3 aromatic carbocycles. The molecule has 0 unspecified atom stereocenters. The lowest BCUT2D eigenvalue weighted by Crippen LogP contribution is -2.65. The van der Waals surface area contributed by atoms with Crippen LogP contribution in [0.1, 0.15) is 157 Å². The summed E-state index contributed by atoms with van der Waals surface area (Å²) in [5.74, 6) is -1.91. The van der Waals surface area contributed by atoms with Gasteiger partial charge >= 0.3 is 17.9 Å². The summed E-state index contributed by atoms with van der Waals surface area (Å²) in [6, 6.07) is 24.7. The molecule has 0 radical (unpaired) electrons. The first-order valence-corrected chi connectivity index (χ1v) is 32.1. The zero-order valence-corrected chi connectivity index (χ0v) is 47.2. The Bertz CT molecular complexity index is 2160. The van der Waals surface area contributed by atoms with Crippen molar-refractivity contribution < 1.29 is 46.9 Å². The van der Waals surface area contributed by atoms with Crippen molar-refractivity contribution in [3.05, 3.63) is 130 Å². The highest BCUT2D eigenvalue weighted by atomic mass is 28.4. The van der Waals surface area contributed by atoms with Crippen molar-refractivity contribution in [2.75, 3.05) is 13.2 Å². The quantitative estimate of drug-likeness (QED) is 0.00955. The smallest absolute Gasteiger partial charge is 0.338 e. The summed E-state index contributed by atoms with van der Waals surface area (Å²) in [5.41, 5.74) is 10.9. The number of rotatable bonds is 29. The lowest BCUT2D eigenvalue weighted by Gasteiger charge is -2.49. The Balaban J connectivity index is 1.73. The average molecular weight is 1030 g/mol. The molecule has 0 spiro atoms. The molecule has 7 atom stereocenters. The van der Waals surface area contributed by atoms with Crippen molar-refractivity contribution in [1.82, 2.24) is 0 Å². The Morgan fingerprint density at radius 1 is 0.653 bits per heavy atom. The van der Waals surface area contributed by atoms with E-state index in [4.69, 9.17) is 32.5 Å². The van der Waals surface area contributed by atoms with E-state index in [9.17, 15) is 19.9 Å². The summed E-state index contributed by atoms with van der Waals surface area (Å²) in [6.45, 7) is 22.8. The molecule has 0 aliphatic carbocycles. The number of ether oxygens (including phenoxy) is 5. The first kappa shape index (κ1) is 60.0. The summed E-state index contributed by atoms with van der Waals surface area (Å²) >= 11 is 0. The molecule has 0 N–H and O–H groups in total. The van der Waals surface area contributed by atoms with Gasteiger partial charge in [0.05, 0.1) is 29.9 Å². The Morgan fingerprint density at radius 3 is 1.58 bits per heavy atom. The number of hydrogen-bond acceptors (Lipinski definition) is 11. The van der Waals surface area contributed by atoms with E-state index in [1.807, 2.05) is 12.1 Å². The van der Waals surface area contributed by atoms with Crippen LogP contribution in [-0.2, 0) is 32.5 Å². The number of carbonyl (C=O) groups excluding carboxylic acids is 3. The lowest BCUT2D eigenvalue weighted by molar-refractivity contribution is -0.296. The van der Waals surface area contributed by atoms with E-state index >= 15 is 0 Å². The molecule has 13 nitrogen and oxygen atoms in total. The topological polar surface area (TPSA) is 165 Å². The second-order valence-electron chi connectivity index (χ2n) is 22.0. The zero-order chi connectivity index (χ0) is 52.8. The minimum Gasteiger partial charge on any atom is -0.454 e. The highest BCUT2D eigenvalue weighted by Gasteiger charge is 2.55. The number of azide groups is 1. The van der Waals surface area contributed by atoms with Crippen molar-refractivity contribution in [2.45, 2.75) is 205 Å². The predicted octanol–water partition coefficient (Wildman–Crippen LogP) is 14.8. The van der Waals surface area contributed by atoms with E-state index in [1.165, 1.54) is 51.4 Å². The Hall–Kier alpha value is -4.61. The lowest BCUT2D eigenvalue weighted by atomic mass is 9.98. The molecule has 3 aromatic rings. The molecule has 0 saturated carbocycles. The Labute approximate surface area is 433 Å². The van der Waals surface area contributed by atoms with Crippen LogP contribution in [0.4, 0.5) is 0 Å². The normalized spacial score (nSPS) is 19.5. The number of hydrogen-bond donors (Lipinski definition) is 0. The third-order valence-electron chi connectivity index (χ3n) is 14.3. The minimum atomic E-state index is -2.81. The highest BCUT2D eigenvalue weighted by molar-refractivity contribution is 6.74. The molecule has 1 aliphatic heterocycles. The van der Waals surface area contributed by atoms with E-state index in [0.29, 0.717) is 11.1 Å². The second-order valence-corrected chi connectivity index (χ2v) is 31.6. The first-order chi connectivity index (χ1) is 34.2. The minimum absolute atomic E-state index is 0.0475. The number of esters is 3. The summed E-state index contributed by atoms with van der Waals surface area (Å²) < 4.78 is 46.7. The molecule has 0 amide bonds. The van der Waals surface area contributed by atoms with E-state index in [0.717, 1.165) is 25.7 Å². The van der Waals surface area contributed by atoms with Crippen molar-refractivity contribution in [2.24, 2.45) is 5.11 Å². The van der Waals surface area contributed by atoms with Gasteiger partial charge < -0.3 is 32.5 Å². The van der Waals surface area contributed by atoms with Gasteiger partial charge in [-0.2, -0.15) is 0 Å². The SMILES string of the molecule is CCCCCCCCCCCCC/C=C/[C@@H](OC(=O)c1ccccc1)[C@H](CO[C@H]1O[C@H](CO[Si](C)(C)C(C)(C)C)[C@@H](OC(=O)c2ccccc2)[C@H](OC(=O)c2ccccc2)[C@@H]1O[Si](C)(C)C(C)(C)C)N=[N+]=[N-]. The van der Waals surface area contributed by atoms with Crippen LogP contribution in [0.2, 0.25) is 36.3 Å². The molecule has 1 aliphatic rings. The van der Waals surface area contributed by atoms with Gasteiger partial charge in [-0.3, -0.25) is 0 Å². The zero-order valence-electron chi connectivity index (χ0n) is 45.2. The third-order valence-corrected chi connectivity index (χ3v) is 23.3. The van der Waals surface area contributed by atoms with Crippen molar-refractivity contribution in [1.29, 1.82) is 0 Å². The summed E-state index contributed by atoms with van der Waals surface area (Å²) in [4.78, 5) is 45.3.